The Hall–Kier alpha value is -1.42. The van der Waals surface area contributed by atoms with E-state index >= 15 is 0 Å². The second kappa shape index (κ2) is 3.75. The van der Waals surface area contributed by atoms with Crippen LogP contribution in [0.15, 0.2) is 24.3 Å². The van der Waals surface area contributed by atoms with Crippen LogP contribution in [-0.2, 0) is 5.54 Å². The Morgan fingerprint density at radius 3 is 2.29 bits per heavy atom. The van der Waals surface area contributed by atoms with Crippen molar-refractivity contribution < 1.29 is 10.0 Å². The van der Waals surface area contributed by atoms with Gasteiger partial charge in [-0.3, -0.25) is 10.1 Å². The molecule has 76 valence electrons. The number of hydrogen-bond donors (Lipinski definition) is 1. The Morgan fingerprint density at radius 1 is 1.43 bits per heavy atom. The molecule has 0 aromatic heterocycles. The third-order valence-corrected chi connectivity index (χ3v) is 2.38. The number of hydrogen-bond acceptors (Lipinski definition) is 3. The third-order valence-electron chi connectivity index (χ3n) is 2.38. The van der Waals surface area contributed by atoms with Crippen molar-refractivity contribution in [1.82, 2.24) is 0 Å². The van der Waals surface area contributed by atoms with Crippen LogP contribution in [-0.4, -0.2) is 16.6 Å². The van der Waals surface area contributed by atoms with E-state index in [1.54, 1.807) is 24.3 Å². The van der Waals surface area contributed by atoms with E-state index in [2.05, 4.69) is 0 Å². The van der Waals surface area contributed by atoms with Crippen molar-refractivity contribution >= 4 is 0 Å². The van der Waals surface area contributed by atoms with Gasteiger partial charge in [0, 0.05) is 17.4 Å². The van der Waals surface area contributed by atoms with Crippen LogP contribution in [0.1, 0.15) is 18.1 Å². The largest absolute Gasteiger partial charge is 0.389 e. The van der Waals surface area contributed by atoms with Crippen LogP contribution >= 0.6 is 0 Å². The zero-order chi connectivity index (χ0) is 10.8. The molecule has 0 bridgehead atoms. The first kappa shape index (κ1) is 10.7. The number of aryl methyl sites for hydroxylation is 1. The Morgan fingerprint density at radius 2 is 1.93 bits per heavy atom. The zero-order valence-electron chi connectivity index (χ0n) is 8.23. The van der Waals surface area contributed by atoms with Crippen LogP contribution in [0.5, 0.6) is 0 Å². The molecule has 0 fully saturated rings. The quantitative estimate of drug-likeness (QED) is 0.587. The average Bonchev–Trinajstić information content (AvgIpc) is 2.17. The highest BCUT2D eigenvalue weighted by Gasteiger charge is 2.38. The molecule has 1 N–H and O–H groups in total. The minimum atomic E-state index is -1.40. The summed E-state index contributed by atoms with van der Waals surface area (Å²) in [6.45, 7) is 2.83. The summed E-state index contributed by atoms with van der Waals surface area (Å²) < 4.78 is 0. The first-order valence-electron chi connectivity index (χ1n) is 4.33. The third kappa shape index (κ3) is 1.75. The van der Waals surface area contributed by atoms with Gasteiger partial charge in [0.25, 0.3) is 5.54 Å². The predicted molar refractivity (Wildman–Crippen MR) is 52.6 cm³/mol. The Kier molecular flexibility index (Phi) is 2.86. The number of nitro groups is 1. The molecule has 0 heterocycles. The Balaban J connectivity index is 3.13. The van der Waals surface area contributed by atoms with E-state index in [0.29, 0.717) is 5.56 Å². The van der Waals surface area contributed by atoms with E-state index in [-0.39, 0.29) is 0 Å². The van der Waals surface area contributed by atoms with Crippen molar-refractivity contribution in [3.05, 3.63) is 45.5 Å². The van der Waals surface area contributed by atoms with E-state index in [9.17, 15) is 10.1 Å². The predicted octanol–water partition coefficient (Wildman–Crippen LogP) is 1.48. The Labute approximate surface area is 82.3 Å². The van der Waals surface area contributed by atoms with Crippen LogP contribution in [0.2, 0.25) is 0 Å². The summed E-state index contributed by atoms with van der Waals surface area (Å²) in [6, 6.07) is 6.95. The molecule has 4 heteroatoms. The van der Waals surface area contributed by atoms with Crippen molar-refractivity contribution in [2.45, 2.75) is 19.4 Å². The van der Waals surface area contributed by atoms with Gasteiger partial charge in [-0.1, -0.05) is 29.8 Å². The molecule has 0 radical (unpaired) electrons. The summed E-state index contributed by atoms with van der Waals surface area (Å²) in [7, 11) is 0. The maximum absolute atomic E-state index is 10.8. The van der Waals surface area contributed by atoms with E-state index in [1.165, 1.54) is 6.92 Å². The highest BCUT2D eigenvalue weighted by molar-refractivity contribution is 5.25. The molecule has 1 aromatic carbocycles. The van der Waals surface area contributed by atoms with Crippen LogP contribution in [0.4, 0.5) is 0 Å². The number of benzene rings is 1. The van der Waals surface area contributed by atoms with E-state index in [1.807, 2.05) is 6.92 Å². The first-order chi connectivity index (χ1) is 6.50. The van der Waals surface area contributed by atoms with E-state index in [4.69, 9.17) is 5.11 Å². The fourth-order valence-electron chi connectivity index (χ4n) is 1.17. The topological polar surface area (TPSA) is 63.4 Å². The molecular weight excluding hydrogens is 182 g/mol. The summed E-state index contributed by atoms with van der Waals surface area (Å²) in [5, 5.41) is 19.8. The molecule has 0 aliphatic rings. The fourth-order valence-corrected chi connectivity index (χ4v) is 1.17. The molecule has 1 rings (SSSR count). The molecule has 1 unspecified atom stereocenters. The number of rotatable bonds is 3. The van der Waals surface area contributed by atoms with Gasteiger partial charge in [0.2, 0.25) is 0 Å². The lowest BCUT2D eigenvalue weighted by Crippen LogP contribution is -2.35. The van der Waals surface area contributed by atoms with Crippen molar-refractivity contribution in [3.8, 4) is 0 Å². The molecule has 0 amide bonds. The standard InChI is InChI=1S/C10H13NO3/c1-8-3-5-9(6-4-8)10(2,7-12)11(13)14/h3-6,12H,7H2,1-2H3. The zero-order valence-corrected chi connectivity index (χ0v) is 8.23. The average molecular weight is 195 g/mol. The van der Waals surface area contributed by atoms with Gasteiger partial charge >= 0.3 is 0 Å². The molecule has 0 saturated carbocycles. The van der Waals surface area contributed by atoms with Crippen molar-refractivity contribution in [2.24, 2.45) is 0 Å². The highest BCUT2D eigenvalue weighted by atomic mass is 16.6. The molecule has 4 nitrogen and oxygen atoms in total. The van der Waals surface area contributed by atoms with Gasteiger partial charge in [-0.25, -0.2) is 0 Å². The molecular formula is C10H13NO3. The molecule has 0 aliphatic heterocycles. The smallest absolute Gasteiger partial charge is 0.266 e. The van der Waals surface area contributed by atoms with Gasteiger partial charge in [0.1, 0.15) is 6.61 Å². The lowest BCUT2D eigenvalue weighted by atomic mass is 9.93. The van der Waals surface area contributed by atoms with E-state index in [0.717, 1.165) is 5.56 Å². The first-order valence-corrected chi connectivity index (χ1v) is 4.33. The SMILES string of the molecule is Cc1ccc(C(C)(CO)[N+](=O)[O-])cc1. The fraction of sp³-hybridized carbons (Fsp3) is 0.400. The summed E-state index contributed by atoms with van der Waals surface area (Å²) in [6.07, 6.45) is 0. The van der Waals surface area contributed by atoms with Crippen molar-refractivity contribution in [2.75, 3.05) is 6.61 Å². The molecule has 0 spiro atoms. The minimum Gasteiger partial charge on any atom is -0.389 e. The summed E-state index contributed by atoms with van der Waals surface area (Å²) in [4.78, 5) is 10.3. The summed E-state index contributed by atoms with van der Waals surface area (Å²) >= 11 is 0. The van der Waals surface area contributed by atoms with Gasteiger partial charge in [-0.15, -0.1) is 0 Å². The number of aliphatic hydroxyl groups is 1. The van der Waals surface area contributed by atoms with Gasteiger partial charge in [-0.05, 0) is 6.92 Å². The summed E-state index contributed by atoms with van der Waals surface area (Å²) in [5.74, 6) is 0. The van der Waals surface area contributed by atoms with Gasteiger partial charge < -0.3 is 5.11 Å². The van der Waals surface area contributed by atoms with Crippen LogP contribution in [0, 0.1) is 17.0 Å². The van der Waals surface area contributed by atoms with Gasteiger partial charge in [0.05, 0.1) is 0 Å². The maximum atomic E-state index is 10.8. The lowest BCUT2D eigenvalue weighted by Gasteiger charge is -2.18. The summed E-state index contributed by atoms with van der Waals surface area (Å²) in [5.41, 5.74) is 0.168. The maximum Gasteiger partial charge on any atom is 0.266 e. The molecule has 1 atom stereocenters. The second-order valence-corrected chi connectivity index (χ2v) is 3.56. The minimum absolute atomic E-state index is 0.461. The molecule has 1 aromatic rings. The van der Waals surface area contributed by atoms with Crippen LogP contribution in [0.3, 0.4) is 0 Å². The highest BCUT2D eigenvalue weighted by Crippen LogP contribution is 2.23. The second-order valence-electron chi connectivity index (χ2n) is 3.56. The van der Waals surface area contributed by atoms with Gasteiger partial charge in [0.15, 0.2) is 0 Å². The monoisotopic (exact) mass is 195 g/mol. The number of nitrogens with zero attached hydrogens (tertiary/aromatic N) is 1. The number of aliphatic hydroxyl groups excluding tert-OH is 1. The van der Waals surface area contributed by atoms with Crippen molar-refractivity contribution in [1.29, 1.82) is 0 Å². The lowest BCUT2D eigenvalue weighted by molar-refractivity contribution is -0.578. The normalized spacial score (nSPS) is 14.8. The molecule has 14 heavy (non-hydrogen) atoms. The van der Waals surface area contributed by atoms with Crippen LogP contribution in [0.25, 0.3) is 0 Å². The van der Waals surface area contributed by atoms with Gasteiger partial charge in [-0.2, -0.15) is 0 Å². The van der Waals surface area contributed by atoms with Crippen LogP contribution < -0.4 is 0 Å². The van der Waals surface area contributed by atoms with E-state index < -0.39 is 17.1 Å². The molecule has 0 saturated heterocycles. The molecule has 0 aliphatic carbocycles. The Bertz CT molecular complexity index is 334. The van der Waals surface area contributed by atoms with Crippen molar-refractivity contribution in [3.63, 3.8) is 0 Å².